The first kappa shape index (κ1) is 33.5. The lowest BCUT2D eigenvalue weighted by Crippen LogP contribution is -2.12. The van der Waals surface area contributed by atoms with E-state index in [1.807, 2.05) is 22.7 Å². The summed E-state index contributed by atoms with van der Waals surface area (Å²) in [7, 11) is 0. The summed E-state index contributed by atoms with van der Waals surface area (Å²) in [5.41, 5.74) is 13.2. The Labute approximate surface area is 340 Å². The molecule has 0 aliphatic carbocycles. The Morgan fingerprint density at radius 3 is 1.51 bits per heavy atom. The van der Waals surface area contributed by atoms with Gasteiger partial charge in [-0.25, -0.2) is 0 Å². The SMILES string of the molecule is c1ccc(-c2ccc(N(c3ccc4c(c3)sc3cc(-c5ccccc5)ccc34)c3ccc(-c4ccccc4)c4sc5ccccc5c34)c(-c3ccccc3)c2)cc1. The molecule has 57 heavy (non-hydrogen) atoms. The van der Waals surface area contributed by atoms with Crippen LogP contribution in [0.3, 0.4) is 0 Å². The van der Waals surface area contributed by atoms with Crippen LogP contribution in [0, 0.1) is 0 Å². The fraction of sp³-hybridized carbons (Fsp3) is 0. The molecule has 2 aromatic heterocycles. The van der Waals surface area contributed by atoms with Gasteiger partial charge < -0.3 is 4.90 Å². The average Bonchev–Trinajstić information content (AvgIpc) is 3.86. The fourth-order valence-electron chi connectivity index (χ4n) is 8.36. The molecule has 0 unspecified atom stereocenters. The van der Waals surface area contributed by atoms with E-state index in [-0.39, 0.29) is 0 Å². The van der Waals surface area contributed by atoms with Crippen molar-refractivity contribution in [3.8, 4) is 44.5 Å². The summed E-state index contributed by atoms with van der Waals surface area (Å²) in [5.74, 6) is 0. The topological polar surface area (TPSA) is 3.24 Å². The molecule has 11 rings (SSSR count). The molecule has 0 saturated heterocycles. The van der Waals surface area contributed by atoms with E-state index in [2.05, 4.69) is 217 Å². The highest BCUT2D eigenvalue weighted by Gasteiger charge is 2.24. The predicted octanol–water partition coefficient (Wildman–Crippen LogP) is 16.6. The number of anilines is 3. The molecule has 0 aliphatic rings. The van der Waals surface area contributed by atoms with E-state index in [0.29, 0.717) is 0 Å². The summed E-state index contributed by atoms with van der Waals surface area (Å²) in [4.78, 5) is 2.52. The van der Waals surface area contributed by atoms with Gasteiger partial charge in [0.2, 0.25) is 0 Å². The van der Waals surface area contributed by atoms with Crippen LogP contribution in [0.15, 0.2) is 212 Å². The summed E-state index contributed by atoms with van der Waals surface area (Å²) >= 11 is 3.76. The summed E-state index contributed by atoms with van der Waals surface area (Å²) in [6.07, 6.45) is 0. The van der Waals surface area contributed by atoms with Gasteiger partial charge in [0.1, 0.15) is 0 Å². The molecule has 0 fully saturated rings. The Bertz CT molecular complexity index is 3220. The number of hydrogen-bond donors (Lipinski definition) is 0. The van der Waals surface area contributed by atoms with Crippen molar-refractivity contribution in [1.29, 1.82) is 0 Å². The summed E-state index contributed by atoms with van der Waals surface area (Å²) in [5, 5.41) is 5.12. The molecule has 0 atom stereocenters. The Morgan fingerprint density at radius 1 is 0.298 bits per heavy atom. The first-order valence-electron chi connectivity index (χ1n) is 19.3. The fourth-order valence-corrected chi connectivity index (χ4v) is 10.8. The van der Waals surface area contributed by atoms with Gasteiger partial charge in [0.25, 0.3) is 0 Å². The third kappa shape index (κ3) is 5.91. The molecular weight excluding hydrogens is 727 g/mol. The molecule has 11 aromatic rings. The zero-order valence-corrected chi connectivity index (χ0v) is 32.6. The largest absolute Gasteiger partial charge is 0.309 e. The van der Waals surface area contributed by atoms with Crippen LogP contribution in [-0.2, 0) is 0 Å². The smallest absolute Gasteiger partial charge is 0.0555 e. The molecule has 3 heteroatoms. The van der Waals surface area contributed by atoms with E-state index in [1.54, 1.807) is 0 Å². The normalized spacial score (nSPS) is 11.5. The van der Waals surface area contributed by atoms with E-state index in [4.69, 9.17) is 0 Å². The highest BCUT2D eigenvalue weighted by molar-refractivity contribution is 7.26. The van der Waals surface area contributed by atoms with Crippen molar-refractivity contribution < 1.29 is 0 Å². The van der Waals surface area contributed by atoms with E-state index >= 15 is 0 Å². The van der Waals surface area contributed by atoms with Crippen LogP contribution in [0.4, 0.5) is 17.1 Å². The molecule has 0 aliphatic heterocycles. The van der Waals surface area contributed by atoms with Crippen molar-refractivity contribution in [2.75, 3.05) is 4.90 Å². The second-order valence-electron chi connectivity index (χ2n) is 14.5. The number of nitrogens with zero attached hydrogens (tertiary/aromatic N) is 1. The quantitative estimate of drug-likeness (QED) is 0.156. The second-order valence-corrected chi connectivity index (χ2v) is 16.6. The van der Waals surface area contributed by atoms with E-state index in [0.717, 1.165) is 11.4 Å². The van der Waals surface area contributed by atoms with Crippen molar-refractivity contribution in [3.05, 3.63) is 212 Å². The van der Waals surface area contributed by atoms with Gasteiger partial charge in [-0.05, 0) is 81.4 Å². The summed E-state index contributed by atoms with van der Waals surface area (Å²) in [6.45, 7) is 0. The lowest BCUT2D eigenvalue weighted by molar-refractivity contribution is 1.31. The van der Waals surface area contributed by atoms with E-state index < -0.39 is 0 Å². The van der Waals surface area contributed by atoms with Crippen molar-refractivity contribution in [3.63, 3.8) is 0 Å². The predicted molar refractivity (Wildman–Crippen MR) is 249 cm³/mol. The molecule has 0 N–H and O–H groups in total. The Kier molecular flexibility index (Phi) is 8.28. The summed E-state index contributed by atoms with van der Waals surface area (Å²) < 4.78 is 5.15. The lowest BCUT2D eigenvalue weighted by atomic mass is 9.95. The average molecular weight is 762 g/mol. The molecule has 0 amide bonds. The minimum Gasteiger partial charge on any atom is -0.309 e. The maximum atomic E-state index is 2.52. The highest BCUT2D eigenvalue weighted by Crippen LogP contribution is 2.51. The van der Waals surface area contributed by atoms with Gasteiger partial charge in [0.15, 0.2) is 0 Å². The number of rotatable bonds is 7. The molecule has 0 saturated carbocycles. The van der Waals surface area contributed by atoms with Gasteiger partial charge >= 0.3 is 0 Å². The van der Waals surface area contributed by atoms with Gasteiger partial charge in [-0.15, -0.1) is 22.7 Å². The van der Waals surface area contributed by atoms with Crippen molar-refractivity contribution in [1.82, 2.24) is 0 Å². The first-order chi connectivity index (χ1) is 28.3. The van der Waals surface area contributed by atoms with Crippen LogP contribution < -0.4 is 4.90 Å². The van der Waals surface area contributed by atoms with Gasteiger partial charge in [0, 0.05) is 51.6 Å². The van der Waals surface area contributed by atoms with Crippen molar-refractivity contribution in [2.45, 2.75) is 0 Å². The molecular formula is C54H35NS2. The third-order valence-electron chi connectivity index (χ3n) is 11.1. The molecule has 0 spiro atoms. The first-order valence-corrected chi connectivity index (χ1v) is 21.0. The monoisotopic (exact) mass is 761 g/mol. The zero-order chi connectivity index (χ0) is 37.7. The molecule has 2 heterocycles. The Balaban J connectivity index is 1.19. The Morgan fingerprint density at radius 2 is 0.825 bits per heavy atom. The zero-order valence-electron chi connectivity index (χ0n) is 31.0. The van der Waals surface area contributed by atoms with Crippen LogP contribution in [0.5, 0.6) is 0 Å². The number of thiophene rings is 2. The van der Waals surface area contributed by atoms with Gasteiger partial charge in [-0.1, -0.05) is 170 Å². The molecule has 0 radical (unpaired) electrons. The lowest BCUT2D eigenvalue weighted by Gasteiger charge is -2.29. The number of fused-ring (bicyclic) bond motifs is 6. The van der Waals surface area contributed by atoms with Crippen LogP contribution in [0.2, 0.25) is 0 Å². The van der Waals surface area contributed by atoms with E-state index in [9.17, 15) is 0 Å². The molecule has 9 aromatic carbocycles. The molecule has 0 bridgehead atoms. The third-order valence-corrected chi connectivity index (χ3v) is 13.4. The van der Waals surface area contributed by atoms with Crippen LogP contribution in [-0.4, -0.2) is 0 Å². The molecule has 1 nitrogen and oxygen atoms in total. The maximum absolute atomic E-state index is 2.52. The summed E-state index contributed by atoms with van der Waals surface area (Å²) in [6, 6.07) is 77.6. The van der Waals surface area contributed by atoms with Gasteiger partial charge in [0.05, 0.1) is 11.4 Å². The molecule has 268 valence electrons. The second kappa shape index (κ2) is 14.1. The van der Waals surface area contributed by atoms with Crippen LogP contribution in [0.1, 0.15) is 0 Å². The van der Waals surface area contributed by atoms with Gasteiger partial charge in [-0.3, -0.25) is 0 Å². The number of benzene rings is 9. The minimum atomic E-state index is 1.13. The van der Waals surface area contributed by atoms with E-state index in [1.165, 1.54) is 90.5 Å². The maximum Gasteiger partial charge on any atom is 0.0555 e. The van der Waals surface area contributed by atoms with Gasteiger partial charge in [-0.2, -0.15) is 0 Å². The van der Waals surface area contributed by atoms with Crippen molar-refractivity contribution >= 4 is 80.1 Å². The van der Waals surface area contributed by atoms with Crippen LogP contribution in [0.25, 0.3) is 84.9 Å². The minimum absolute atomic E-state index is 1.13. The standard InChI is InChI=1S/C54H35NS2/c1-5-15-36(16-6-1)40-26-31-48(47(33-40)39-21-11-4-12-22-39)55(42-27-29-45-44-28-25-41(37-17-7-2-8-18-37)34-51(44)56-52(45)35-42)49-32-30-43(38-19-9-3-10-20-38)54-53(49)46-23-13-14-24-50(46)57-54/h1-35H. The highest BCUT2D eigenvalue weighted by atomic mass is 32.1. The van der Waals surface area contributed by atoms with Crippen molar-refractivity contribution in [2.24, 2.45) is 0 Å². The number of hydrogen-bond acceptors (Lipinski definition) is 3. The van der Waals surface area contributed by atoms with Crippen LogP contribution >= 0.6 is 22.7 Å². The Hall–Kier alpha value is -6.78.